The highest BCUT2D eigenvalue weighted by atomic mass is 32.1. The molecule has 0 saturated carbocycles. The van der Waals surface area contributed by atoms with E-state index in [1.165, 1.54) is 4.70 Å². The van der Waals surface area contributed by atoms with Crippen molar-refractivity contribution >= 4 is 21.6 Å². The molecular formula is C12H14N6S. The molecule has 3 aromatic heterocycles. The summed E-state index contributed by atoms with van der Waals surface area (Å²) in [7, 11) is 0. The van der Waals surface area contributed by atoms with Gasteiger partial charge in [0.25, 0.3) is 0 Å². The molecular weight excluding hydrogens is 260 g/mol. The molecule has 0 amide bonds. The number of H-pyrrole nitrogens is 1. The van der Waals surface area contributed by atoms with Gasteiger partial charge in [-0.05, 0) is 36.9 Å². The van der Waals surface area contributed by atoms with Gasteiger partial charge < -0.3 is 5.32 Å². The van der Waals surface area contributed by atoms with E-state index in [1.807, 2.05) is 19.2 Å². The van der Waals surface area contributed by atoms with Gasteiger partial charge in [-0.25, -0.2) is 0 Å². The number of nitrogens with one attached hydrogen (secondary N) is 2. The summed E-state index contributed by atoms with van der Waals surface area (Å²) in [6.07, 6.45) is 1.91. The molecule has 98 valence electrons. The number of aromatic amines is 1. The molecule has 19 heavy (non-hydrogen) atoms. The Morgan fingerprint density at radius 2 is 2.21 bits per heavy atom. The molecule has 2 unspecified atom stereocenters. The monoisotopic (exact) mass is 274 g/mol. The first-order valence-corrected chi connectivity index (χ1v) is 6.94. The molecule has 0 aliphatic heterocycles. The molecule has 7 heteroatoms. The molecule has 0 aliphatic rings. The summed E-state index contributed by atoms with van der Waals surface area (Å²) < 4.78 is 1.21. The lowest BCUT2D eigenvalue weighted by atomic mass is 10.1. The van der Waals surface area contributed by atoms with E-state index in [4.69, 9.17) is 0 Å². The number of fused-ring (bicyclic) bond motifs is 1. The summed E-state index contributed by atoms with van der Waals surface area (Å²) in [6.45, 7) is 4.12. The number of tetrazole rings is 1. The Kier molecular flexibility index (Phi) is 3.22. The van der Waals surface area contributed by atoms with Crippen LogP contribution >= 0.6 is 11.3 Å². The van der Waals surface area contributed by atoms with Crippen molar-refractivity contribution in [1.82, 2.24) is 30.9 Å². The van der Waals surface area contributed by atoms with Crippen LogP contribution in [0.25, 0.3) is 10.2 Å². The van der Waals surface area contributed by atoms with Crippen molar-refractivity contribution in [1.29, 1.82) is 0 Å². The van der Waals surface area contributed by atoms with E-state index in [-0.39, 0.29) is 12.1 Å². The van der Waals surface area contributed by atoms with Crippen LogP contribution in [0.2, 0.25) is 0 Å². The molecule has 0 aromatic carbocycles. The van der Waals surface area contributed by atoms with Gasteiger partial charge in [0.2, 0.25) is 0 Å². The Labute approximate surface area is 114 Å². The minimum atomic E-state index is 0.0350. The lowest BCUT2D eigenvalue weighted by molar-refractivity contribution is 0.476. The predicted molar refractivity (Wildman–Crippen MR) is 73.8 cm³/mol. The topological polar surface area (TPSA) is 79.4 Å². The summed E-state index contributed by atoms with van der Waals surface area (Å²) >= 11 is 1.71. The zero-order valence-corrected chi connectivity index (χ0v) is 11.5. The Morgan fingerprint density at radius 1 is 1.32 bits per heavy atom. The molecule has 3 aromatic rings. The van der Waals surface area contributed by atoms with Gasteiger partial charge in [0, 0.05) is 12.2 Å². The third-order valence-corrected chi connectivity index (χ3v) is 3.93. The van der Waals surface area contributed by atoms with Gasteiger partial charge in [0.05, 0.1) is 16.3 Å². The van der Waals surface area contributed by atoms with Crippen LogP contribution in [0, 0.1) is 0 Å². The van der Waals surface area contributed by atoms with Crippen molar-refractivity contribution in [2.24, 2.45) is 0 Å². The Balaban J connectivity index is 1.77. The fourth-order valence-electron chi connectivity index (χ4n) is 2.00. The fraction of sp³-hybridized carbons (Fsp3) is 0.333. The van der Waals surface area contributed by atoms with Crippen LogP contribution in [0.3, 0.4) is 0 Å². The van der Waals surface area contributed by atoms with Crippen LogP contribution in [0.4, 0.5) is 0 Å². The molecule has 6 nitrogen and oxygen atoms in total. The predicted octanol–water partition coefficient (Wildman–Crippen LogP) is 2.22. The first kappa shape index (κ1) is 12.2. The molecule has 0 fully saturated rings. The van der Waals surface area contributed by atoms with E-state index in [1.54, 1.807) is 11.3 Å². The molecule has 2 N–H and O–H groups in total. The lowest BCUT2D eigenvalue weighted by Gasteiger charge is -2.17. The second kappa shape index (κ2) is 5.02. The van der Waals surface area contributed by atoms with E-state index >= 15 is 0 Å². The molecule has 2 atom stereocenters. The van der Waals surface area contributed by atoms with Crippen molar-refractivity contribution in [2.45, 2.75) is 25.9 Å². The first-order valence-electron chi connectivity index (χ1n) is 6.06. The number of aromatic nitrogens is 5. The number of nitrogens with zero attached hydrogens (tertiary/aromatic N) is 4. The Hall–Kier alpha value is -1.86. The van der Waals surface area contributed by atoms with Gasteiger partial charge in [-0.15, -0.1) is 21.5 Å². The molecule has 0 saturated heterocycles. The quantitative estimate of drug-likeness (QED) is 0.762. The fourth-order valence-corrected chi connectivity index (χ4v) is 2.79. The minimum absolute atomic E-state index is 0.0350. The van der Waals surface area contributed by atoms with Gasteiger partial charge in [-0.1, -0.05) is 5.21 Å². The van der Waals surface area contributed by atoms with Crippen LogP contribution in [-0.4, -0.2) is 25.6 Å². The van der Waals surface area contributed by atoms with E-state index in [0.29, 0.717) is 5.82 Å². The SMILES string of the molecule is CC(NC(C)c1nn[nH]n1)c1cnc2ccsc2c1. The second-order valence-electron chi connectivity index (χ2n) is 4.45. The van der Waals surface area contributed by atoms with Crippen LogP contribution < -0.4 is 5.32 Å². The summed E-state index contributed by atoms with van der Waals surface area (Å²) in [6, 6.07) is 4.41. The van der Waals surface area contributed by atoms with Crippen LogP contribution in [0.5, 0.6) is 0 Å². The zero-order valence-electron chi connectivity index (χ0n) is 10.7. The lowest BCUT2D eigenvalue weighted by Crippen LogP contribution is -2.23. The first-order chi connectivity index (χ1) is 9.24. The summed E-state index contributed by atoms with van der Waals surface area (Å²) in [5.74, 6) is 0.664. The number of hydrogen-bond acceptors (Lipinski definition) is 6. The maximum Gasteiger partial charge on any atom is 0.191 e. The average Bonchev–Trinajstić information content (AvgIpc) is 3.09. The largest absolute Gasteiger partial charge is 0.301 e. The van der Waals surface area contributed by atoms with Crippen molar-refractivity contribution < 1.29 is 0 Å². The number of hydrogen-bond donors (Lipinski definition) is 2. The highest BCUT2D eigenvalue weighted by molar-refractivity contribution is 7.17. The van der Waals surface area contributed by atoms with Gasteiger partial charge in [-0.3, -0.25) is 4.98 Å². The summed E-state index contributed by atoms with van der Waals surface area (Å²) in [5.41, 5.74) is 2.21. The maximum atomic E-state index is 4.45. The van der Waals surface area contributed by atoms with E-state index in [9.17, 15) is 0 Å². The van der Waals surface area contributed by atoms with Crippen molar-refractivity contribution in [3.05, 3.63) is 35.1 Å². The number of pyridine rings is 1. The van der Waals surface area contributed by atoms with Gasteiger partial charge in [0.1, 0.15) is 0 Å². The smallest absolute Gasteiger partial charge is 0.191 e. The maximum absolute atomic E-state index is 4.45. The minimum Gasteiger partial charge on any atom is -0.301 e. The molecule has 0 aliphatic carbocycles. The highest BCUT2D eigenvalue weighted by Gasteiger charge is 2.15. The Morgan fingerprint density at radius 3 is 3.00 bits per heavy atom. The van der Waals surface area contributed by atoms with Crippen LogP contribution in [0.1, 0.15) is 37.3 Å². The van der Waals surface area contributed by atoms with Crippen molar-refractivity contribution in [2.75, 3.05) is 0 Å². The normalized spacial score (nSPS) is 14.6. The van der Waals surface area contributed by atoms with Gasteiger partial charge >= 0.3 is 0 Å². The summed E-state index contributed by atoms with van der Waals surface area (Å²) in [5, 5.41) is 19.5. The second-order valence-corrected chi connectivity index (χ2v) is 5.40. The summed E-state index contributed by atoms with van der Waals surface area (Å²) in [4.78, 5) is 4.45. The molecule has 0 radical (unpaired) electrons. The standard InChI is InChI=1S/C12H14N6S/c1-7(14-8(2)12-15-17-18-16-12)9-5-11-10(13-6-9)3-4-19-11/h3-8,14H,1-2H3,(H,15,16,17,18). The van der Waals surface area contributed by atoms with Crippen molar-refractivity contribution in [3.8, 4) is 0 Å². The molecule has 0 bridgehead atoms. The molecule has 0 spiro atoms. The Bertz CT molecular complexity index is 662. The molecule has 3 heterocycles. The number of rotatable bonds is 4. The van der Waals surface area contributed by atoms with E-state index in [2.05, 4.69) is 49.3 Å². The third kappa shape index (κ3) is 2.47. The highest BCUT2D eigenvalue weighted by Crippen LogP contribution is 2.23. The van der Waals surface area contributed by atoms with E-state index in [0.717, 1.165) is 11.1 Å². The van der Waals surface area contributed by atoms with Crippen molar-refractivity contribution in [3.63, 3.8) is 0 Å². The van der Waals surface area contributed by atoms with Crippen LogP contribution in [-0.2, 0) is 0 Å². The van der Waals surface area contributed by atoms with E-state index < -0.39 is 0 Å². The van der Waals surface area contributed by atoms with Gasteiger partial charge in [-0.2, -0.15) is 5.21 Å². The molecule has 3 rings (SSSR count). The van der Waals surface area contributed by atoms with Gasteiger partial charge in [0.15, 0.2) is 5.82 Å². The van der Waals surface area contributed by atoms with Crippen LogP contribution in [0.15, 0.2) is 23.7 Å². The third-order valence-electron chi connectivity index (χ3n) is 3.07. The number of thiophene rings is 1. The zero-order chi connectivity index (χ0) is 13.2. The average molecular weight is 274 g/mol.